The Bertz CT molecular complexity index is 566. The summed E-state index contributed by atoms with van der Waals surface area (Å²) in [7, 11) is 0. The van der Waals surface area contributed by atoms with Gasteiger partial charge in [-0.25, -0.2) is 14.6 Å². The molecule has 0 bridgehead atoms. The van der Waals surface area contributed by atoms with E-state index in [1.165, 1.54) is 17.3 Å². The average molecular weight is 289 g/mol. The van der Waals surface area contributed by atoms with Crippen LogP contribution in [0.2, 0.25) is 0 Å². The lowest BCUT2D eigenvalue weighted by molar-refractivity contribution is -0.124. The molecule has 2 heterocycles. The number of nitrogens with zero attached hydrogens (tertiary/aromatic N) is 4. The molecule has 0 aromatic carbocycles. The van der Waals surface area contributed by atoms with Crippen LogP contribution >= 0.6 is 0 Å². The lowest BCUT2D eigenvalue weighted by atomic mass is 10.2. The van der Waals surface area contributed by atoms with Crippen LogP contribution in [0.1, 0.15) is 32.4 Å². The van der Waals surface area contributed by atoms with Gasteiger partial charge in [0.25, 0.3) is 0 Å². The van der Waals surface area contributed by atoms with E-state index in [4.69, 9.17) is 4.74 Å². The summed E-state index contributed by atoms with van der Waals surface area (Å²) in [6.07, 6.45) is 4.70. The molecule has 1 N–H and O–H groups in total. The van der Waals surface area contributed by atoms with Gasteiger partial charge in [-0.15, -0.1) is 0 Å². The maximum absolute atomic E-state index is 12.0. The van der Waals surface area contributed by atoms with Gasteiger partial charge in [0.2, 0.25) is 11.8 Å². The summed E-state index contributed by atoms with van der Waals surface area (Å²) >= 11 is 0. The molecular formula is C14H19N5O2. The molecule has 7 heteroatoms. The highest BCUT2D eigenvalue weighted by molar-refractivity contribution is 5.79. The van der Waals surface area contributed by atoms with Gasteiger partial charge >= 0.3 is 0 Å². The standard InChI is InChI=1S/C14H19N5O2/c1-10(2)21-13-5-4-12(6-16-13)7-17-14(20)11(3)19-9-15-8-18-19/h4-6,8-11H,7H2,1-3H3,(H,17,20)/t11-/m0/s1. The third-order valence-electron chi connectivity index (χ3n) is 2.83. The van der Waals surface area contributed by atoms with Gasteiger partial charge in [0.15, 0.2) is 0 Å². The second-order valence-corrected chi connectivity index (χ2v) is 4.94. The molecule has 0 saturated carbocycles. The summed E-state index contributed by atoms with van der Waals surface area (Å²) in [4.78, 5) is 20.0. The van der Waals surface area contributed by atoms with Crippen LogP contribution in [-0.2, 0) is 11.3 Å². The van der Waals surface area contributed by atoms with Crippen molar-refractivity contribution in [1.82, 2.24) is 25.1 Å². The monoisotopic (exact) mass is 289 g/mol. The van der Waals surface area contributed by atoms with Crippen molar-refractivity contribution in [3.8, 4) is 5.88 Å². The fourth-order valence-electron chi connectivity index (χ4n) is 1.70. The van der Waals surface area contributed by atoms with Crippen LogP contribution in [0.5, 0.6) is 5.88 Å². The van der Waals surface area contributed by atoms with Gasteiger partial charge in [-0.2, -0.15) is 5.10 Å². The van der Waals surface area contributed by atoms with Gasteiger partial charge in [0, 0.05) is 18.8 Å². The largest absolute Gasteiger partial charge is 0.475 e. The highest BCUT2D eigenvalue weighted by Crippen LogP contribution is 2.10. The SMILES string of the molecule is CC(C)Oc1ccc(CNC(=O)[C@H](C)n2cncn2)cn1. The maximum atomic E-state index is 12.0. The number of carbonyl (C=O) groups is 1. The molecule has 0 unspecified atom stereocenters. The van der Waals surface area contributed by atoms with Gasteiger partial charge in [0.1, 0.15) is 18.7 Å². The summed E-state index contributed by atoms with van der Waals surface area (Å²) in [5.74, 6) is 0.457. The van der Waals surface area contributed by atoms with Crippen molar-refractivity contribution in [3.05, 3.63) is 36.5 Å². The fraction of sp³-hybridized carbons (Fsp3) is 0.429. The van der Waals surface area contributed by atoms with Crippen molar-refractivity contribution in [3.63, 3.8) is 0 Å². The molecule has 0 fully saturated rings. The van der Waals surface area contributed by atoms with Crippen LogP contribution in [0.25, 0.3) is 0 Å². The zero-order valence-corrected chi connectivity index (χ0v) is 12.4. The zero-order valence-electron chi connectivity index (χ0n) is 12.4. The molecule has 2 aromatic rings. The molecule has 7 nitrogen and oxygen atoms in total. The first-order valence-electron chi connectivity index (χ1n) is 6.79. The molecule has 2 aromatic heterocycles. The van der Waals surface area contributed by atoms with Gasteiger partial charge in [0.05, 0.1) is 6.10 Å². The number of aromatic nitrogens is 4. The zero-order chi connectivity index (χ0) is 15.2. The van der Waals surface area contributed by atoms with Crippen LogP contribution in [0.15, 0.2) is 31.0 Å². The van der Waals surface area contributed by atoms with Crippen molar-refractivity contribution in [2.45, 2.75) is 39.5 Å². The number of hydrogen-bond acceptors (Lipinski definition) is 5. The van der Waals surface area contributed by atoms with Crippen LogP contribution in [0, 0.1) is 0 Å². The minimum absolute atomic E-state index is 0.0894. The molecule has 2 rings (SSSR count). The Labute approximate surface area is 123 Å². The summed E-state index contributed by atoms with van der Waals surface area (Å²) in [5, 5.41) is 6.79. The summed E-state index contributed by atoms with van der Waals surface area (Å²) < 4.78 is 6.97. The van der Waals surface area contributed by atoms with Crippen LogP contribution in [0.4, 0.5) is 0 Å². The van der Waals surface area contributed by atoms with Gasteiger partial charge in [-0.05, 0) is 26.3 Å². The number of hydrogen-bond donors (Lipinski definition) is 1. The maximum Gasteiger partial charge on any atom is 0.244 e. The lowest BCUT2D eigenvalue weighted by Crippen LogP contribution is -2.30. The third kappa shape index (κ3) is 4.27. The number of amides is 1. The molecular weight excluding hydrogens is 270 g/mol. The molecule has 0 spiro atoms. The van der Waals surface area contributed by atoms with Crippen molar-refractivity contribution in [2.75, 3.05) is 0 Å². The highest BCUT2D eigenvalue weighted by Gasteiger charge is 2.14. The smallest absolute Gasteiger partial charge is 0.244 e. The van der Waals surface area contributed by atoms with E-state index in [9.17, 15) is 4.79 Å². The highest BCUT2D eigenvalue weighted by atomic mass is 16.5. The second-order valence-electron chi connectivity index (χ2n) is 4.94. The minimum Gasteiger partial charge on any atom is -0.475 e. The van der Waals surface area contributed by atoms with Gasteiger partial charge in [-0.1, -0.05) is 6.07 Å². The van der Waals surface area contributed by atoms with Crippen molar-refractivity contribution >= 4 is 5.91 Å². The normalized spacial score (nSPS) is 12.2. The average Bonchev–Trinajstić information content (AvgIpc) is 2.99. The third-order valence-corrected chi connectivity index (χ3v) is 2.83. The molecule has 1 amide bonds. The first kappa shape index (κ1) is 15.0. The Morgan fingerprint density at radius 1 is 1.38 bits per heavy atom. The van der Waals surface area contributed by atoms with Crippen molar-refractivity contribution in [2.24, 2.45) is 0 Å². The molecule has 1 atom stereocenters. The van der Waals surface area contributed by atoms with E-state index in [1.807, 2.05) is 19.9 Å². The number of carbonyl (C=O) groups excluding carboxylic acids is 1. The van der Waals surface area contributed by atoms with Crippen molar-refractivity contribution in [1.29, 1.82) is 0 Å². The topological polar surface area (TPSA) is 81.9 Å². The Morgan fingerprint density at radius 3 is 2.76 bits per heavy atom. The summed E-state index contributed by atoms with van der Waals surface area (Å²) in [5.41, 5.74) is 0.908. The Kier molecular flexibility index (Phi) is 4.86. The number of ether oxygens (including phenoxy) is 1. The predicted molar refractivity (Wildman–Crippen MR) is 76.6 cm³/mol. The Hall–Kier alpha value is -2.44. The Balaban J connectivity index is 1.86. The number of rotatable bonds is 6. The van der Waals surface area contributed by atoms with E-state index in [2.05, 4.69) is 20.4 Å². The lowest BCUT2D eigenvalue weighted by Gasteiger charge is -2.12. The molecule has 0 aliphatic heterocycles. The first-order chi connectivity index (χ1) is 10.1. The molecule has 0 saturated heterocycles. The summed E-state index contributed by atoms with van der Waals surface area (Å²) in [6, 6.07) is 3.28. The summed E-state index contributed by atoms with van der Waals surface area (Å²) in [6.45, 7) is 6.07. The van der Waals surface area contributed by atoms with E-state index < -0.39 is 6.04 Å². The van der Waals surface area contributed by atoms with Gasteiger partial charge < -0.3 is 10.1 Å². The first-order valence-corrected chi connectivity index (χ1v) is 6.79. The predicted octanol–water partition coefficient (Wildman–Crippen LogP) is 1.34. The molecule has 21 heavy (non-hydrogen) atoms. The van der Waals surface area contributed by atoms with E-state index in [-0.39, 0.29) is 12.0 Å². The Morgan fingerprint density at radius 2 is 2.19 bits per heavy atom. The molecule has 0 radical (unpaired) electrons. The minimum atomic E-state index is -0.399. The molecule has 0 aliphatic carbocycles. The number of pyridine rings is 1. The number of nitrogens with one attached hydrogen (secondary N) is 1. The van der Waals surface area contributed by atoms with Crippen LogP contribution in [0.3, 0.4) is 0 Å². The van der Waals surface area contributed by atoms with Gasteiger partial charge in [-0.3, -0.25) is 4.79 Å². The quantitative estimate of drug-likeness (QED) is 0.867. The molecule has 112 valence electrons. The molecule has 0 aliphatic rings. The van der Waals surface area contributed by atoms with Crippen LogP contribution in [-0.4, -0.2) is 31.8 Å². The second kappa shape index (κ2) is 6.83. The van der Waals surface area contributed by atoms with E-state index in [1.54, 1.807) is 19.2 Å². The van der Waals surface area contributed by atoms with E-state index >= 15 is 0 Å². The fourth-order valence-corrected chi connectivity index (χ4v) is 1.70. The van der Waals surface area contributed by atoms with Crippen LogP contribution < -0.4 is 10.1 Å². The van der Waals surface area contributed by atoms with Crippen molar-refractivity contribution < 1.29 is 9.53 Å². The van der Waals surface area contributed by atoms with E-state index in [0.717, 1.165) is 5.56 Å². The van der Waals surface area contributed by atoms with E-state index in [0.29, 0.717) is 12.4 Å².